The fraction of sp³-hybridized carbons (Fsp3) is 0.290. The molecule has 44 heavy (non-hydrogen) atoms. The maximum absolute atomic E-state index is 13.2. The van der Waals surface area contributed by atoms with Gasteiger partial charge in [-0.1, -0.05) is 18.2 Å². The Hall–Kier alpha value is -5.07. The highest BCUT2D eigenvalue weighted by atomic mass is 19.4. The Bertz CT molecular complexity index is 1760. The Morgan fingerprint density at radius 1 is 1.02 bits per heavy atom. The highest BCUT2D eigenvalue weighted by Crippen LogP contribution is 2.42. The molecule has 0 aromatic heterocycles. The normalized spacial score (nSPS) is 12.1. The van der Waals surface area contributed by atoms with Gasteiger partial charge in [-0.2, -0.15) is 13.2 Å². The van der Waals surface area contributed by atoms with Crippen LogP contribution in [0.1, 0.15) is 38.1 Å². The van der Waals surface area contributed by atoms with Crippen LogP contribution in [0.3, 0.4) is 0 Å². The Kier molecular flexibility index (Phi) is 9.46. The molecule has 2 aliphatic rings. The second kappa shape index (κ2) is 13.1. The van der Waals surface area contributed by atoms with Crippen LogP contribution in [0, 0.1) is 0 Å². The molecule has 1 atom stereocenters. The number of alkyl halides is 3. The van der Waals surface area contributed by atoms with Crippen molar-refractivity contribution >= 4 is 34.5 Å². The van der Waals surface area contributed by atoms with E-state index in [1.807, 2.05) is 32.0 Å². The highest BCUT2D eigenvalue weighted by molar-refractivity contribution is 6.09. The summed E-state index contributed by atoms with van der Waals surface area (Å²) in [6, 6.07) is 17.9. The third-order valence-electron chi connectivity index (χ3n) is 7.17. The third-order valence-corrected chi connectivity index (χ3v) is 7.17. The first-order chi connectivity index (χ1) is 20.9. The molecule has 0 radical (unpaired) electrons. The SMILES string of the molecule is CCN(c1ccc2c(-c3ccccc3C(=O)NN=C(N)N)c3ccc(=[N+](CC)CC)cc-3oc2c1)C(C)OC(=O)C(F)(F)F. The molecule has 5 N–H and O–H groups in total. The number of fused-ring (bicyclic) bond motifs is 2. The number of nitrogens with one attached hydrogen (secondary N) is 1. The molecule has 1 unspecified atom stereocenters. The monoisotopic (exact) mass is 611 g/mol. The van der Waals surface area contributed by atoms with Crippen LogP contribution in [0.25, 0.3) is 33.4 Å². The van der Waals surface area contributed by atoms with E-state index in [0.29, 0.717) is 39.1 Å². The molecule has 232 valence electrons. The van der Waals surface area contributed by atoms with Gasteiger partial charge < -0.3 is 25.5 Å². The lowest BCUT2D eigenvalue weighted by atomic mass is 9.90. The maximum atomic E-state index is 13.2. The zero-order valence-electron chi connectivity index (χ0n) is 24.7. The van der Waals surface area contributed by atoms with Crippen LogP contribution in [0.15, 0.2) is 70.2 Å². The van der Waals surface area contributed by atoms with Gasteiger partial charge in [-0.15, -0.1) is 5.10 Å². The Morgan fingerprint density at radius 3 is 2.36 bits per heavy atom. The predicted molar refractivity (Wildman–Crippen MR) is 163 cm³/mol. The minimum atomic E-state index is -5.12. The Balaban J connectivity index is 1.98. The molecule has 0 spiro atoms. The van der Waals surface area contributed by atoms with Crippen molar-refractivity contribution in [3.8, 4) is 22.5 Å². The molecule has 0 fully saturated rings. The van der Waals surface area contributed by atoms with Crippen molar-refractivity contribution in [1.82, 2.24) is 10.0 Å². The lowest BCUT2D eigenvalue weighted by Gasteiger charge is -2.30. The first kappa shape index (κ1) is 31.9. The molecular formula is C31H34F3N6O4+. The van der Waals surface area contributed by atoms with Gasteiger partial charge in [0.25, 0.3) is 5.91 Å². The van der Waals surface area contributed by atoms with Gasteiger partial charge in [0.05, 0.1) is 6.07 Å². The molecule has 2 aromatic carbocycles. The topological polar surface area (TPSA) is 139 Å². The number of hydrogen-bond donors (Lipinski definition) is 3. The molecule has 1 aliphatic heterocycles. The number of anilines is 1. The van der Waals surface area contributed by atoms with Gasteiger partial charge in [0.2, 0.25) is 11.3 Å². The van der Waals surface area contributed by atoms with Crippen molar-refractivity contribution in [3.05, 3.63) is 71.6 Å². The number of halogens is 3. The van der Waals surface area contributed by atoms with Crippen LogP contribution in [0.5, 0.6) is 0 Å². The molecule has 1 aliphatic carbocycles. The number of carbonyl (C=O) groups is 2. The number of rotatable bonds is 9. The van der Waals surface area contributed by atoms with Crippen molar-refractivity contribution in [2.75, 3.05) is 24.5 Å². The fourth-order valence-corrected chi connectivity index (χ4v) is 5.13. The van der Waals surface area contributed by atoms with E-state index in [2.05, 4.69) is 15.1 Å². The summed E-state index contributed by atoms with van der Waals surface area (Å²) in [5.41, 5.74) is 16.3. The number of ether oxygens (including phenoxy) is 1. The zero-order valence-corrected chi connectivity index (χ0v) is 24.7. The summed E-state index contributed by atoms with van der Waals surface area (Å²) < 4.78 is 52.0. The molecule has 1 amide bonds. The number of carbonyl (C=O) groups excluding carboxylic acids is 2. The van der Waals surface area contributed by atoms with E-state index in [1.165, 1.54) is 11.8 Å². The molecule has 4 rings (SSSR count). The molecule has 0 saturated carbocycles. The van der Waals surface area contributed by atoms with E-state index in [9.17, 15) is 22.8 Å². The maximum Gasteiger partial charge on any atom is 0.491 e. The molecule has 10 nitrogen and oxygen atoms in total. The number of hydrogen-bond acceptors (Lipinski definition) is 6. The molecule has 0 saturated heterocycles. The van der Waals surface area contributed by atoms with E-state index < -0.39 is 24.3 Å². The van der Waals surface area contributed by atoms with E-state index in [-0.39, 0.29) is 12.5 Å². The van der Waals surface area contributed by atoms with Crippen molar-refractivity contribution in [3.63, 3.8) is 0 Å². The van der Waals surface area contributed by atoms with E-state index in [1.54, 1.807) is 49.4 Å². The predicted octanol–water partition coefficient (Wildman–Crippen LogP) is 4.21. The summed E-state index contributed by atoms with van der Waals surface area (Å²) in [6.45, 7) is 8.94. The van der Waals surface area contributed by atoms with Crippen molar-refractivity contribution in [1.29, 1.82) is 0 Å². The van der Waals surface area contributed by atoms with Crippen LogP contribution in [-0.4, -0.2) is 49.9 Å². The van der Waals surface area contributed by atoms with Crippen LogP contribution in [0.2, 0.25) is 0 Å². The Morgan fingerprint density at radius 2 is 1.73 bits per heavy atom. The van der Waals surface area contributed by atoms with Gasteiger partial charge in [0.1, 0.15) is 24.4 Å². The average Bonchev–Trinajstić information content (AvgIpc) is 2.99. The summed E-state index contributed by atoms with van der Waals surface area (Å²) in [7, 11) is 0. The van der Waals surface area contributed by atoms with Crippen LogP contribution < -0.4 is 31.7 Å². The number of esters is 1. The summed E-state index contributed by atoms with van der Waals surface area (Å²) in [5, 5.41) is 5.20. The number of guanidine groups is 1. The first-order valence-corrected chi connectivity index (χ1v) is 14.0. The molecule has 1 heterocycles. The minimum absolute atomic E-state index is 0.234. The lowest BCUT2D eigenvalue weighted by Crippen LogP contribution is -2.40. The van der Waals surface area contributed by atoms with Crippen molar-refractivity contribution < 1.29 is 31.9 Å². The second-order valence-electron chi connectivity index (χ2n) is 9.82. The minimum Gasteiger partial charge on any atom is -0.456 e. The molecule has 2 aromatic rings. The number of amides is 1. The first-order valence-electron chi connectivity index (χ1n) is 14.0. The summed E-state index contributed by atoms with van der Waals surface area (Å²) in [4.78, 5) is 26.2. The van der Waals surface area contributed by atoms with Gasteiger partial charge >= 0.3 is 12.1 Å². The second-order valence-corrected chi connectivity index (χ2v) is 9.82. The zero-order chi connectivity index (χ0) is 32.2. The van der Waals surface area contributed by atoms with Gasteiger partial charge in [-0.3, -0.25) is 4.79 Å². The van der Waals surface area contributed by atoms with E-state index in [0.717, 1.165) is 24.0 Å². The van der Waals surface area contributed by atoms with Crippen molar-refractivity contribution in [2.45, 2.75) is 40.1 Å². The largest absolute Gasteiger partial charge is 0.491 e. The molecule has 13 heteroatoms. The number of benzene rings is 3. The standard InChI is InChI=1S/C31H33F3N6O4/c1-5-39(6-2)19-12-14-23-25(16-19)44-26-17-20(40(7-3)18(4)43-29(42)31(32,33)34)13-15-24(26)27(23)21-10-8-9-11-22(21)28(41)37-38-30(35)36/h8-18H,5-7H2,1-4H3,(H4,35,36,41)/p+1. The van der Waals surface area contributed by atoms with Crippen LogP contribution in [0.4, 0.5) is 18.9 Å². The molecule has 0 bridgehead atoms. The Labute approximate surface area is 251 Å². The van der Waals surface area contributed by atoms with E-state index >= 15 is 0 Å². The van der Waals surface area contributed by atoms with Gasteiger partial charge in [0.15, 0.2) is 6.23 Å². The van der Waals surface area contributed by atoms with Crippen LogP contribution in [-0.2, 0) is 9.53 Å². The van der Waals surface area contributed by atoms with Gasteiger partial charge in [0, 0.05) is 46.4 Å². The van der Waals surface area contributed by atoms with Crippen molar-refractivity contribution in [2.24, 2.45) is 16.6 Å². The molecular weight excluding hydrogens is 577 g/mol. The quantitative estimate of drug-likeness (QED) is 0.0490. The number of nitrogens with two attached hydrogens (primary N) is 2. The summed E-state index contributed by atoms with van der Waals surface area (Å²) >= 11 is 0. The van der Waals surface area contributed by atoms with Gasteiger partial charge in [-0.05, 0) is 57.5 Å². The summed E-state index contributed by atoms with van der Waals surface area (Å²) in [5.74, 6) is -2.60. The van der Waals surface area contributed by atoms with Crippen LogP contribution >= 0.6 is 0 Å². The smallest absolute Gasteiger partial charge is 0.456 e. The lowest BCUT2D eigenvalue weighted by molar-refractivity contribution is -0.204. The number of hydrazone groups is 1. The fourth-order valence-electron chi connectivity index (χ4n) is 5.13. The average molecular weight is 612 g/mol. The number of nitrogens with zero attached hydrogens (tertiary/aromatic N) is 3. The van der Waals surface area contributed by atoms with Gasteiger partial charge in [-0.25, -0.2) is 14.8 Å². The van der Waals surface area contributed by atoms with E-state index in [4.69, 9.17) is 20.6 Å². The highest BCUT2D eigenvalue weighted by Gasteiger charge is 2.42. The third kappa shape index (κ3) is 6.61. The summed E-state index contributed by atoms with van der Waals surface area (Å²) in [6.07, 6.45) is -6.34.